The van der Waals surface area contributed by atoms with E-state index >= 15 is 0 Å². The fourth-order valence-corrected chi connectivity index (χ4v) is 1.63. The van der Waals surface area contributed by atoms with Gasteiger partial charge in [-0.15, -0.1) is 0 Å². The van der Waals surface area contributed by atoms with Crippen LogP contribution in [0.15, 0.2) is 43.0 Å². The molecule has 0 saturated carbocycles. The summed E-state index contributed by atoms with van der Waals surface area (Å²) < 4.78 is 5.45. The zero-order valence-electron chi connectivity index (χ0n) is 8.86. The summed E-state index contributed by atoms with van der Waals surface area (Å²) in [5, 5.41) is 2.42. The Kier molecular flexibility index (Phi) is 2.72. The first kappa shape index (κ1) is 9.78. The Balaban J connectivity index is 2.49. The van der Waals surface area contributed by atoms with Crippen LogP contribution in [0.1, 0.15) is 12.5 Å². The van der Waals surface area contributed by atoms with Crippen LogP contribution in [0.4, 0.5) is 0 Å². The van der Waals surface area contributed by atoms with Gasteiger partial charge in [-0.25, -0.2) is 0 Å². The summed E-state index contributed by atoms with van der Waals surface area (Å²) in [5.74, 6) is 0.927. The van der Waals surface area contributed by atoms with Gasteiger partial charge in [0.15, 0.2) is 0 Å². The van der Waals surface area contributed by atoms with Crippen LogP contribution < -0.4 is 4.74 Å². The van der Waals surface area contributed by atoms with Crippen LogP contribution in [0.25, 0.3) is 16.8 Å². The summed E-state index contributed by atoms with van der Waals surface area (Å²) in [6.45, 7) is 6.46. The molecule has 1 nitrogen and oxygen atoms in total. The maximum atomic E-state index is 5.45. The largest absolute Gasteiger partial charge is 0.494 e. The predicted molar refractivity (Wildman–Crippen MR) is 65.2 cm³/mol. The smallest absolute Gasteiger partial charge is 0.119 e. The van der Waals surface area contributed by atoms with Crippen molar-refractivity contribution >= 4 is 16.8 Å². The number of rotatable bonds is 3. The highest BCUT2D eigenvalue weighted by atomic mass is 16.5. The fourth-order valence-electron chi connectivity index (χ4n) is 1.63. The Morgan fingerprint density at radius 2 is 1.87 bits per heavy atom. The predicted octanol–water partition coefficient (Wildman–Crippen LogP) is 3.88. The molecule has 0 fully saturated rings. The summed E-state index contributed by atoms with van der Waals surface area (Å²) in [5.41, 5.74) is 1.15. The van der Waals surface area contributed by atoms with Crippen molar-refractivity contribution in [3.8, 4) is 5.75 Å². The molecular formula is C14H14O. The van der Waals surface area contributed by atoms with Crippen LogP contribution in [0.5, 0.6) is 5.75 Å². The molecule has 2 aromatic carbocycles. The van der Waals surface area contributed by atoms with Crippen molar-refractivity contribution in [3.05, 3.63) is 48.5 Å². The number of ether oxygens (including phenoxy) is 1. The van der Waals surface area contributed by atoms with E-state index in [1.807, 2.05) is 19.1 Å². The lowest BCUT2D eigenvalue weighted by Crippen LogP contribution is -1.90. The molecule has 0 atom stereocenters. The molecule has 76 valence electrons. The first-order valence-electron chi connectivity index (χ1n) is 5.12. The van der Waals surface area contributed by atoms with Gasteiger partial charge in [-0.05, 0) is 41.5 Å². The molecular weight excluding hydrogens is 184 g/mol. The molecule has 2 aromatic rings. The molecule has 0 saturated heterocycles. The highest BCUT2D eigenvalue weighted by molar-refractivity contribution is 5.85. The van der Waals surface area contributed by atoms with Gasteiger partial charge in [0.05, 0.1) is 6.61 Å². The van der Waals surface area contributed by atoms with Crippen molar-refractivity contribution in [3.63, 3.8) is 0 Å². The van der Waals surface area contributed by atoms with Gasteiger partial charge in [0.2, 0.25) is 0 Å². The zero-order chi connectivity index (χ0) is 10.7. The minimum Gasteiger partial charge on any atom is -0.494 e. The molecule has 0 radical (unpaired) electrons. The van der Waals surface area contributed by atoms with Crippen LogP contribution in [0.2, 0.25) is 0 Å². The van der Waals surface area contributed by atoms with Crippen LogP contribution in [0, 0.1) is 0 Å². The Bertz CT molecular complexity index is 486. The van der Waals surface area contributed by atoms with E-state index in [-0.39, 0.29) is 0 Å². The normalized spacial score (nSPS) is 10.2. The summed E-state index contributed by atoms with van der Waals surface area (Å²) in [6.07, 6.45) is 1.86. The average Bonchev–Trinajstić information content (AvgIpc) is 2.29. The van der Waals surface area contributed by atoms with E-state index in [4.69, 9.17) is 4.74 Å². The number of fused-ring (bicyclic) bond motifs is 1. The molecule has 15 heavy (non-hydrogen) atoms. The van der Waals surface area contributed by atoms with Gasteiger partial charge in [-0.1, -0.05) is 30.9 Å². The molecule has 0 amide bonds. The van der Waals surface area contributed by atoms with Crippen molar-refractivity contribution in [1.29, 1.82) is 0 Å². The number of hydrogen-bond acceptors (Lipinski definition) is 1. The van der Waals surface area contributed by atoms with Gasteiger partial charge in [-0.3, -0.25) is 0 Å². The van der Waals surface area contributed by atoms with Crippen molar-refractivity contribution in [2.45, 2.75) is 6.92 Å². The molecule has 0 bridgehead atoms. The molecule has 0 N–H and O–H groups in total. The second kappa shape index (κ2) is 4.18. The first-order valence-corrected chi connectivity index (χ1v) is 5.12. The van der Waals surface area contributed by atoms with Crippen molar-refractivity contribution in [1.82, 2.24) is 0 Å². The number of hydrogen-bond donors (Lipinski definition) is 0. The Morgan fingerprint density at radius 1 is 1.13 bits per heavy atom. The second-order valence-corrected chi connectivity index (χ2v) is 3.41. The molecule has 2 rings (SSSR count). The van der Waals surface area contributed by atoms with Gasteiger partial charge >= 0.3 is 0 Å². The SMILES string of the molecule is C=Cc1ccc2cc(OCC)ccc2c1. The highest BCUT2D eigenvalue weighted by Gasteiger charge is 1.97. The lowest BCUT2D eigenvalue weighted by atomic mass is 10.1. The highest BCUT2D eigenvalue weighted by Crippen LogP contribution is 2.22. The molecule has 0 aliphatic carbocycles. The lowest BCUT2D eigenvalue weighted by molar-refractivity contribution is 0.341. The van der Waals surface area contributed by atoms with Crippen molar-refractivity contribution in [2.24, 2.45) is 0 Å². The van der Waals surface area contributed by atoms with Crippen molar-refractivity contribution < 1.29 is 4.74 Å². The molecule has 0 heterocycles. The third-order valence-corrected chi connectivity index (χ3v) is 2.38. The third kappa shape index (κ3) is 2.01. The Hall–Kier alpha value is -1.76. The minimum absolute atomic E-state index is 0.705. The maximum Gasteiger partial charge on any atom is 0.119 e. The van der Waals surface area contributed by atoms with Gasteiger partial charge in [0.25, 0.3) is 0 Å². The first-order chi connectivity index (χ1) is 7.33. The third-order valence-electron chi connectivity index (χ3n) is 2.38. The minimum atomic E-state index is 0.705. The molecule has 0 spiro atoms. The van der Waals surface area contributed by atoms with Gasteiger partial charge in [0, 0.05) is 0 Å². The van der Waals surface area contributed by atoms with E-state index in [1.54, 1.807) is 0 Å². The molecule has 0 aliphatic heterocycles. The van der Waals surface area contributed by atoms with E-state index in [0.29, 0.717) is 6.61 Å². The van der Waals surface area contributed by atoms with E-state index < -0.39 is 0 Å². The van der Waals surface area contributed by atoms with Crippen molar-refractivity contribution in [2.75, 3.05) is 6.61 Å². The van der Waals surface area contributed by atoms with Gasteiger partial charge in [0.1, 0.15) is 5.75 Å². The summed E-state index contributed by atoms with van der Waals surface area (Å²) in [7, 11) is 0. The van der Waals surface area contributed by atoms with Crippen LogP contribution in [0.3, 0.4) is 0 Å². The second-order valence-electron chi connectivity index (χ2n) is 3.41. The van der Waals surface area contributed by atoms with Crippen LogP contribution >= 0.6 is 0 Å². The maximum absolute atomic E-state index is 5.45. The fraction of sp³-hybridized carbons (Fsp3) is 0.143. The Labute approximate surface area is 90.0 Å². The van der Waals surface area contributed by atoms with Crippen LogP contribution in [-0.2, 0) is 0 Å². The standard InChI is InChI=1S/C14H14O/c1-3-11-5-6-13-10-14(15-4-2)8-7-12(13)9-11/h3,5-10H,1,4H2,2H3. The summed E-state index contributed by atoms with van der Waals surface area (Å²) in [4.78, 5) is 0. The zero-order valence-corrected chi connectivity index (χ0v) is 8.86. The van der Waals surface area contributed by atoms with Gasteiger partial charge in [-0.2, -0.15) is 0 Å². The number of benzene rings is 2. The van der Waals surface area contributed by atoms with E-state index in [0.717, 1.165) is 11.3 Å². The molecule has 0 aliphatic rings. The van der Waals surface area contributed by atoms with Gasteiger partial charge < -0.3 is 4.74 Å². The van der Waals surface area contributed by atoms with Crippen LogP contribution in [-0.4, -0.2) is 6.61 Å². The summed E-state index contributed by atoms with van der Waals surface area (Å²) in [6, 6.07) is 12.4. The molecule has 1 heteroatoms. The Morgan fingerprint density at radius 3 is 2.60 bits per heavy atom. The molecule has 0 aromatic heterocycles. The topological polar surface area (TPSA) is 9.23 Å². The lowest BCUT2D eigenvalue weighted by Gasteiger charge is -2.05. The monoisotopic (exact) mass is 198 g/mol. The van der Waals surface area contributed by atoms with E-state index in [1.165, 1.54) is 10.8 Å². The molecule has 0 unspecified atom stereocenters. The quantitative estimate of drug-likeness (QED) is 0.727. The summed E-state index contributed by atoms with van der Waals surface area (Å²) >= 11 is 0. The van der Waals surface area contributed by atoms with E-state index in [9.17, 15) is 0 Å². The van der Waals surface area contributed by atoms with E-state index in [2.05, 4.69) is 36.9 Å². The average molecular weight is 198 g/mol.